The molecule has 3 nitrogen and oxygen atoms in total. The number of aromatic nitrogens is 2. The topological polar surface area (TPSA) is 29.0 Å². The fraction of sp³-hybridized carbons (Fsp3) is 0.692. The van der Waals surface area contributed by atoms with Crippen molar-refractivity contribution in [3.63, 3.8) is 0 Å². The molecule has 0 aromatic carbocycles. The summed E-state index contributed by atoms with van der Waals surface area (Å²) in [5.41, 5.74) is 0. The van der Waals surface area contributed by atoms with Crippen molar-refractivity contribution in [2.45, 2.75) is 45.6 Å². The Morgan fingerprint density at radius 1 is 1.47 bits per heavy atom. The maximum Gasteiger partial charge on any atom is 0.133 e. The van der Waals surface area contributed by atoms with Crippen LogP contribution in [-0.2, 0) is 6.42 Å². The van der Waals surface area contributed by atoms with Gasteiger partial charge < -0.3 is 4.90 Å². The molecule has 1 saturated carbocycles. The minimum atomic E-state index is 0.575. The van der Waals surface area contributed by atoms with E-state index in [1.165, 1.54) is 12.8 Å². The van der Waals surface area contributed by atoms with Gasteiger partial charge in [-0.25, -0.2) is 9.97 Å². The molecule has 1 atom stereocenters. The lowest BCUT2D eigenvalue weighted by Gasteiger charge is -2.26. The summed E-state index contributed by atoms with van der Waals surface area (Å²) in [6.07, 6.45) is 4.75. The number of anilines is 1. The zero-order valence-electron chi connectivity index (χ0n) is 10.8. The highest BCUT2D eigenvalue weighted by Gasteiger charge is 2.31. The van der Waals surface area contributed by atoms with Crippen LogP contribution in [0.15, 0.2) is 10.7 Å². The van der Waals surface area contributed by atoms with Crippen LogP contribution in [0.25, 0.3) is 0 Å². The lowest BCUT2D eigenvalue weighted by molar-refractivity contribution is 0.601. The lowest BCUT2D eigenvalue weighted by atomic mass is 10.2. The lowest BCUT2D eigenvalue weighted by Crippen LogP contribution is -2.31. The molecule has 0 N–H and O–H groups in total. The van der Waals surface area contributed by atoms with Crippen LogP contribution in [0, 0.1) is 5.92 Å². The number of rotatable bonds is 5. The largest absolute Gasteiger partial charge is 0.357 e. The van der Waals surface area contributed by atoms with Gasteiger partial charge in [-0.3, -0.25) is 0 Å². The molecule has 0 amide bonds. The second kappa shape index (κ2) is 5.34. The van der Waals surface area contributed by atoms with Crippen LogP contribution in [-0.4, -0.2) is 23.1 Å². The molecule has 0 spiro atoms. The van der Waals surface area contributed by atoms with Crippen molar-refractivity contribution >= 4 is 21.7 Å². The number of hydrogen-bond acceptors (Lipinski definition) is 3. The molecule has 0 aliphatic heterocycles. The van der Waals surface area contributed by atoms with Crippen LogP contribution < -0.4 is 4.90 Å². The molecule has 1 fully saturated rings. The first-order valence-corrected chi connectivity index (χ1v) is 7.17. The number of nitrogens with zero attached hydrogens (tertiary/aromatic N) is 3. The summed E-state index contributed by atoms with van der Waals surface area (Å²) in [6, 6.07) is 2.59. The van der Waals surface area contributed by atoms with Crippen LogP contribution in [0.3, 0.4) is 0 Å². The van der Waals surface area contributed by atoms with Crippen molar-refractivity contribution in [3.8, 4) is 0 Å². The number of aryl methyl sites for hydroxylation is 1. The van der Waals surface area contributed by atoms with Crippen molar-refractivity contribution in [1.29, 1.82) is 0 Å². The third kappa shape index (κ3) is 3.18. The van der Waals surface area contributed by atoms with Crippen molar-refractivity contribution in [2.24, 2.45) is 5.92 Å². The molecule has 2 rings (SSSR count). The van der Waals surface area contributed by atoms with Gasteiger partial charge in [0.1, 0.15) is 16.2 Å². The fourth-order valence-electron chi connectivity index (χ4n) is 2.07. The van der Waals surface area contributed by atoms with Crippen LogP contribution in [0.2, 0.25) is 0 Å². The van der Waals surface area contributed by atoms with E-state index in [0.717, 1.165) is 35.0 Å². The molecular weight excluding hydrogens is 278 g/mol. The van der Waals surface area contributed by atoms with E-state index in [0.29, 0.717) is 6.04 Å². The third-order valence-corrected chi connectivity index (χ3v) is 3.88. The van der Waals surface area contributed by atoms with E-state index in [-0.39, 0.29) is 0 Å². The van der Waals surface area contributed by atoms with Gasteiger partial charge >= 0.3 is 0 Å². The predicted octanol–water partition coefficient (Wildman–Crippen LogP) is 3.43. The Hall–Kier alpha value is -0.640. The van der Waals surface area contributed by atoms with Crippen LogP contribution in [0.1, 0.15) is 38.9 Å². The van der Waals surface area contributed by atoms with Gasteiger partial charge in [-0.15, -0.1) is 0 Å². The zero-order chi connectivity index (χ0) is 12.4. The summed E-state index contributed by atoms with van der Waals surface area (Å²) >= 11 is 3.48. The highest BCUT2D eigenvalue weighted by atomic mass is 79.9. The average Bonchev–Trinajstić information content (AvgIpc) is 3.10. The second-order valence-corrected chi connectivity index (χ2v) is 5.72. The Kier molecular flexibility index (Phi) is 4.02. The van der Waals surface area contributed by atoms with E-state index < -0.39 is 0 Å². The zero-order valence-corrected chi connectivity index (χ0v) is 12.4. The molecule has 4 heteroatoms. The van der Waals surface area contributed by atoms with Crippen molar-refractivity contribution in [1.82, 2.24) is 9.97 Å². The Labute approximate surface area is 112 Å². The normalized spacial score (nSPS) is 16.9. The molecule has 1 aromatic heterocycles. The van der Waals surface area contributed by atoms with Gasteiger partial charge in [-0.1, -0.05) is 6.92 Å². The van der Waals surface area contributed by atoms with E-state index in [9.17, 15) is 0 Å². The molecular formula is C13H20BrN3. The summed E-state index contributed by atoms with van der Waals surface area (Å²) in [6.45, 7) is 4.44. The monoisotopic (exact) mass is 297 g/mol. The number of hydrogen-bond donors (Lipinski definition) is 0. The Bertz CT molecular complexity index is 390. The van der Waals surface area contributed by atoms with Gasteiger partial charge in [0.2, 0.25) is 0 Å². The van der Waals surface area contributed by atoms with Gasteiger partial charge in [0.25, 0.3) is 0 Å². The fourth-order valence-corrected chi connectivity index (χ4v) is 2.48. The standard InChI is InChI=1S/C13H20BrN3/c1-4-5-12-15-11(14)8-13(16-12)17(3)9(2)10-6-7-10/h8-10H,4-7H2,1-3H3. The molecule has 1 aliphatic carbocycles. The van der Waals surface area contributed by atoms with Crippen molar-refractivity contribution in [2.75, 3.05) is 11.9 Å². The highest BCUT2D eigenvalue weighted by Crippen LogP contribution is 2.36. The van der Waals surface area contributed by atoms with E-state index in [1.54, 1.807) is 0 Å². The third-order valence-electron chi connectivity index (χ3n) is 3.48. The smallest absolute Gasteiger partial charge is 0.133 e. The van der Waals surface area contributed by atoms with Gasteiger partial charge in [0.05, 0.1) is 0 Å². The van der Waals surface area contributed by atoms with Gasteiger partial charge in [0.15, 0.2) is 0 Å². The van der Waals surface area contributed by atoms with Gasteiger partial charge in [-0.05, 0) is 48.0 Å². The van der Waals surface area contributed by atoms with E-state index in [1.807, 2.05) is 6.07 Å². The molecule has 1 aromatic rings. The van der Waals surface area contributed by atoms with Crippen LogP contribution >= 0.6 is 15.9 Å². The summed E-state index contributed by atoms with van der Waals surface area (Å²) in [4.78, 5) is 11.3. The van der Waals surface area contributed by atoms with Gasteiger partial charge in [-0.2, -0.15) is 0 Å². The minimum absolute atomic E-state index is 0.575. The molecule has 1 unspecified atom stereocenters. The van der Waals surface area contributed by atoms with Gasteiger partial charge in [0, 0.05) is 25.6 Å². The quantitative estimate of drug-likeness (QED) is 0.780. The average molecular weight is 298 g/mol. The minimum Gasteiger partial charge on any atom is -0.357 e. The molecule has 0 radical (unpaired) electrons. The summed E-state index contributed by atoms with van der Waals surface area (Å²) in [7, 11) is 2.13. The first-order chi connectivity index (χ1) is 8.11. The molecule has 94 valence electrons. The molecule has 17 heavy (non-hydrogen) atoms. The van der Waals surface area contributed by atoms with Crippen LogP contribution in [0.4, 0.5) is 5.82 Å². The Morgan fingerprint density at radius 3 is 2.76 bits per heavy atom. The predicted molar refractivity (Wildman–Crippen MR) is 74.3 cm³/mol. The summed E-state index contributed by atoms with van der Waals surface area (Å²) < 4.78 is 0.890. The summed E-state index contributed by atoms with van der Waals surface area (Å²) in [5.74, 6) is 2.82. The Balaban J connectivity index is 2.18. The van der Waals surface area contributed by atoms with Crippen molar-refractivity contribution in [3.05, 3.63) is 16.5 Å². The first-order valence-electron chi connectivity index (χ1n) is 6.38. The highest BCUT2D eigenvalue weighted by molar-refractivity contribution is 9.10. The van der Waals surface area contributed by atoms with Crippen LogP contribution in [0.5, 0.6) is 0 Å². The van der Waals surface area contributed by atoms with E-state index in [4.69, 9.17) is 0 Å². The van der Waals surface area contributed by atoms with E-state index >= 15 is 0 Å². The summed E-state index contributed by atoms with van der Waals surface area (Å²) in [5, 5.41) is 0. The van der Waals surface area contributed by atoms with E-state index in [2.05, 4.69) is 51.7 Å². The maximum atomic E-state index is 4.64. The molecule has 0 bridgehead atoms. The molecule has 1 heterocycles. The first kappa shape index (κ1) is 12.8. The SMILES string of the molecule is CCCc1nc(Br)cc(N(C)C(C)C2CC2)n1. The Morgan fingerprint density at radius 2 is 2.18 bits per heavy atom. The van der Waals surface area contributed by atoms with Crippen molar-refractivity contribution < 1.29 is 0 Å². The molecule has 1 aliphatic rings. The maximum absolute atomic E-state index is 4.64. The molecule has 0 saturated heterocycles. The second-order valence-electron chi connectivity index (χ2n) is 4.90. The number of halogens is 1.